The van der Waals surface area contributed by atoms with Gasteiger partial charge in [-0.1, -0.05) is 0 Å². The molecule has 0 N–H and O–H groups in total. The summed E-state index contributed by atoms with van der Waals surface area (Å²) in [5, 5.41) is 0.858. The summed E-state index contributed by atoms with van der Waals surface area (Å²) >= 11 is 0. The smallest absolute Gasteiger partial charge is 0.246 e. The molecule has 2 heterocycles. The number of benzene rings is 1. The minimum atomic E-state index is -2.80. The first-order valence-electron chi connectivity index (χ1n) is 7.66. The third kappa shape index (κ3) is 3.07. The van der Waals surface area contributed by atoms with E-state index in [1.165, 1.54) is 0 Å². The highest BCUT2D eigenvalue weighted by molar-refractivity contribution is 7.67. The Morgan fingerprint density at radius 3 is 1.77 bits per heavy atom. The lowest BCUT2D eigenvalue weighted by Crippen LogP contribution is -2.46. The molecule has 0 atom stereocenters. The first kappa shape index (κ1) is 16.0. The summed E-state index contributed by atoms with van der Waals surface area (Å²) in [6.45, 7) is 5.30. The number of hydrogen-bond donors (Lipinski definition) is 0. The van der Waals surface area contributed by atoms with Gasteiger partial charge in [-0.2, -0.15) is 0 Å². The van der Waals surface area contributed by atoms with Gasteiger partial charge in [0.15, 0.2) is 0 Å². The SMILES string of the molecule is COc1ccc(P(=O)(N2CCOCC2)N2CCOCC2)cc1. The Bertz CT molecular complexity index is 503. The van der Waals surface area contributed by atoms with E-state index in [2.05, 4.69) is 9.34 Å². The van der Waals surface area contributed by atoms with Crippen molar-refractivity contribution < 1.29 is 18.8 Å². The molecule has 0 aliphatic carbocycles. The molecule has 1 aromatic carbocycles. The topological polar surface area (TPSA) is 51.2 Å². The maximum absolute atomic E-state index is 14.0. The Morgan fingerprint density at radius 1 is 0.909 bits per heavy atom. The molecular formula is C15H23N2O4P. The van der Waals surface area contributed by atoms with Crippen molar-refractivity contribution in [2.75, 3.05) is 59.7 Å². The Morgan fingerprint density at radius 2 is 1.36 bits per heavy atom. The van der Waals surface area contributed by atoms with Gasteiger partial charge in [-0.3, -0.25) is 4.57 Å². The van der Waals surface area contributed by atoms with Gasteiger partial charge in [0, 0.05) is 31.5 Å². The number of morpholine rings is 2. The molecule has 7 heteroatoms. The molecule has 2 aliphatic heterocycles. The van der Waals surface area contributed by atoms with Crippen LogP contribution in [-0.4, -0.2) is 69.1 Å². The van der Waals surface area contributed by atoms with E-state index in [0.29, 0.717) is 52.6 Å². The number of hydrogen-bond acceptors (Lipinski definition) is 4. The summed E-state index contributed by atoms with van der Waals surface area (Å²) in [5.74, 6) is 0.777. The van der Waals surface area contributed by atoms with Gasteiger partial charge < -0.3 is 14.2 Å². The minimum absolute atomic E-state index is 0.629. The summed E-state index contributed by atoms with van der Waals surface area (Å²) in [7, 11) is -1.16. The molecular weight excluding hydrogens is 303 g/mol. The van der Waals surface area contributed by atoms with Crippen LogP contribution in [0.25, 0.3) is 0 Å². The van der Waals surface area contributed by atoms with Gasteiger partial charge in [-0.15, -0.1) is 0 Å². The zero-order chi connectivity index (χ0) is 15.4. The number of nitrogens with zero attached hydrogens (tertiary/aromatic N) is 2. The van der Waals surface area contributed by atoms with Gasteiger partial charge in [-0.05, 0) is 24.3 Å². The van der Waals surface area contributed by atoms with Crippen LogP contribution in [0.4, 0.5) is 0 Å². The van der Waals surface area contributed by atoms with Crippen molar-refractivity contribution in [2.24, 2.45) is 0 Å². The quantitative estimate of drug-likeness (QED) is 0.775. The van der Waals surface area contributed by atoms with Gasteiger partial charge in [0.25, 0.3) is 0 Å². The second-order valence-electron chi connectivity index (χ2n) is 5.37. The monoisotopic (exact) mass is 326 g/mol. The predicted octanol–water partition coefficient (Wildman–Crippen LogP) is 1.18. The van der Waals surface area contributed by atoms with Crippen LogP contribution in [-0.2, 0) is 14.0 Å². The molecule has 0 saturated carbocycles. The molecule has 0 bridgehead atoms. The van der Waals surface area contributed by atoms with E-state index in [4.69, 9.17) is 14.2 Å². The van der Waals surface area contributed by atoms with Crippen molar-refractivity contribution in [3.63, 3.8) is 0 Å². The highest BCUT2D eigenvalue weighted by Gasteiger charge is 2.40. The average Bonchev–Trinajstić information content (AvgIpc) is 2.62. The van der Waals surface area contributed by atoms with E-state index >= 15 is 0 Å². The van der Waals surface area contributed by atoms with E-state index in [0.717, 1.165) is 11.1 Å². The van der Waals surface area contributed by atoms with Gasteiger partial charge in [0.2, 0.25) is 7.44 Å². The zero-order valence-corrected chi connectivity index (χ0v) is 13.8. The molecule has 0 amide bonds. The molecule has 0 unspecified atom stereocenters. The van der Waals surface area contributed by atoms with Crippen molar-refractivity contribution in [3.05, 3.63) is 24.3 Å². The van der Waals surface area contributed by atoms with E-state index in [1.54, 1.807) is 7.11 Å². The maximum atomic E-state index is 14.0. The van der Waals surface area contributed by atoms with Crippen LogP contribution >= 0.6 is 7.44 Å². The fourth-order valence-corrected chi connectivity index (χ4v) is 5.89. The number of methoxy groups -OCH3 is 1. The zero-order valence-electron chi connectivity index (χ0n) is 12.9. The molecule has 2 aliphatic rings. The van der Waals surface area contributed by atoms with Crippen molar-refractivity contribution in [1.29, 1.82) is 0 Å². The first-order valence-corrected chi connectivity index (χ1v) is 9.27. The average molecular weight is 326 g/mol. The van der Waals surface area contributed by atoms with E-state index < -0.39 is 7.44 Å². The normalized spacial score (nSPS) is 21.7. The van der Waals surface area contributed by atoms with Crippen molar-refractivity contribution in [3.8, 4) is 5.75 Å². The van der Waals surface area contributed by atoms with Gasteiger partial charge in [0.05, 0.1) is 33.5 Å². The summed E-state index contributed by atoms with van der Waals surface area (Å²) in [6.07, 6.45) is 0. The number of rotatable bonds is 4. The lowest BCUT2D eigenvalue weighted by Gasteiger charge is -2.42. The molecule has 2 saturated heterocycles. The Kier molecular flexibility index (Phi) is 5.16. The molecule has 1 aromatic rings. The van der Waals surface area contributed by atoms with Crippen molar-refractivity contribution >= 4 is 12.7 Å². The third-order valence-electron chi connectivity index (χ3n) is 4.15. The molecule has 122 valence electrons. The highest BCUT2D eigenvalue weighted by Crippen LogP contribution is 2.52. The van der Waals surface area contributed by atoms with Crippen LogP contribution in [0.3, 0.4) is 0 Å². The summed E-state index contributed by atoms with van der Waals surface area (Å²) in [5.41, 5.74) is 0. The fourth-order valence-electron chi connectivity index (χ4n) is 2.93. The largest absolute Gasteiger partial charge is 0.497 e. The minimum Gasteiger partial charge on any atom is -0.497 e. The lowest BCUT2D eigenvalue weighted by molar-refractivity contribution is 0.0538. The van der Waals surface area contributed by atoms with Crippen molar-refractivity contribution in [1.82, 2.24) is 9.34 Å². The predicted molar refractivity (Wildman–Crippen MR) is 85.0 cm³/mol. The Labute approximate surface area is 131 Å². The van der Waals surface area contributed by atoms with Gasteiger partial charge in [0.1, 0.15) is 5.75 Å². The summed E-state index contributed by atoms with van der Waals surface area (Å²) < 4.78 is 34.3. The van der Waals surface area contributed by atoms with Crippen LogP contribution in [0.1, 0.15) is 0 Å². The standard InChI is InChI=1S/C15H23N2O4P/c1-19-14-2-4-15(5-3-14)22(18,16-6-10-20-11-7-16)17-8-12-21-13-9-17/h2-5H,6-13H2,1H3. The second-order valence-corrected chi connectivity index (χ2v) is 8.11. The molecule has 0 radical (unpaired) electrons. The Hall–Kier alpha value is -0.910. The van der Waals surface area contributed by atoms with Crippen LogP contribution in [0.15, 0.2) is 24.3 Å². The van der Waals surface area contributed by atoms with Crippen LogP contribution in [0.2, 0.25) is 0 Å². The van der Waals surface area contributed by atoms with E-state index in [-0.39, 0.29) is 0 Å². The Balaban J connectivity index is 1.94. The lowest BCUT2D eigenvalue weighted by atomic mass is 10.3. The molecule has 0 aromatic heterocycles. The molecule has 3 rings (SSSR count). The maximum Gasteiger partial charge on any atom is 0.246 e. The summed E-state index contributed by atoms with van der Waals surface area (Å²) in [6, 6.07) is 7.60. The molecule has 6 nitrogen and oxygen atoms in total. The first-order chi connectivity index (χ1) is 10.7. The molecule has 2 fully saturated rings. The van der Waals surface area contributed by atoms with E-state index in [1.807, 2.05) is 24.3 Å². The van der Waals surface area contributed by atoms with Crippen molar-refractivity contribution in [2.45, 2.75) is 0 Å². The fraction of sp³-hybridized carbons (Fsp3) is 0.600. The number of ether oxygens (including phenoxy) is 3. The van der Waals surface area contributed by atoms with Gasteiger partial charge in [-0.25, -0.2) is 9.34 Å². The second kappa shape index (κ2) is 7.11. The molecule has 22 heavy (non-hydrogen) atoms. The van der Waals surface area contributed by atoms with Gasteiger partial charge >= 0.3 is 0 Å². The van der Waals surface area contributed by atoms with E-state index in [9.17, 15) is 4.57 Å². The van der Waals surface area contributed by atoms with Crippen LogP contribution in [0.5, 0.6) is 5.75 Å². The van der Waals surface area contributed by atoms with Crippen LogP contribution in [0, 0.1) is 0 Å². The van der Waals surface area contributed by atoms with Crippen LogP contribution < -0.4 is 10.0 Å². The highest BCUT2D eigenvalue weighted by atomic mass is 31.2. The third-order valence-corrected chi connectivity index (χ3v) is 7.45. The molecule has 0 spiro atoms. The summed E-state index contributed by atoms with van der Waals surface area (Å²) in [4.78, 5) is 0.